The maximum absolute atomic E-state index is 12.0. The van der Waals surface area contributed by atoms with E-state index in [0.717, 1.165) is 5.56 Å². The number of hydrogen-bond acceptors (Lipinski definition) is 5. The Labute approximate surface area is 156 Å². The van der Waals surface area contributed by atoms with Crippen LogP contribution in [-0.2, 0) is 16.0 Å². The van der Waals surface area contributed by atoms with E-state index in [1.165, 1.54) is 6.92 Å². The summed E-state index contributed by atoms with van der Waals surface area (Å²) >= 11 is 5.85. The van der Waals surface area contributed by atoms with Gasteiger partial charge in [0.25, 0.3) is 0 Å². The summed E-state index contributed by atoms with van der Waals surface area (Å²) in [7, 11) is 0. The quantitative estimate of drug-likeness (QED) is 0.691. The fraction of sp³-hybridized carbons (Fsp3) is 0.444. The van der Waals surface area contributed by atoms with Gasteiger partial charge in [0.1, 0.15) is 5.54 Å². The van der Waals surface area contributed by atoms with Gasteiger partial charge in [-0.2, -0.15) is 4.98 Å². The lowest BCUT2D eigenvalue weighted by atomic mass is 9.96. The zero-order valence-electron chi connectivity index (χ0n) is 14.8. The first-order chi connectivity index (χ1) is 12.3. The molecule has 2 N–H and O–H groups in total. The molecule has 0 aliphatic carbocycles. The topological polar surface area (TPSA) is 105 Å². The number of carboxylic acid groups (broad SMARTS) is 1. The Hall–Kier alpha value is -2.41. The number of nitrogens with zero attached hydrogens (tertiary/aromatic N) is 2. The Bertz CT molecular complexity index is 760. The first-order valence-corrected chi connectivity index (χ1v) is 8.85. The number of amides is 1. The SMILES string of the molecule is CCCC(C)(NC(=O)CCCc1nc(-c2ccc(Cl)cc2)no1)C(=O)O. The maximum atomic E-state index is 12.0. The molecular weight excluding hydrogens is 358 g/mol. The molecule has 0 radical (unpaired) electrons. The van der Waals surface area contributed by atoms with Gasteiger partial charge in [-0.25, -0.2) is 4.79 Å². The number of rotatable bonds is 9. The van der Waals surface area contributed by atoms with Gasteiger partial charge in [-0.15, -0.1) is 0 Å². The molecule has 8 heteroatoms. The van der Waals surface area contributed by atoms with Crippen LogP contribution in [0.3, 0.4) is 0 Å². The lowest BCUT2D eigenvalue weighted by Crippen LogP contribution is -2.52. The largest absolute Gasteiger partial charge is 0.480 e. The van der Waals surface area contributed by atoms with Crippen molar-refractivity contribution in [3.8, 4) is 11.4 Å². The summed E-state index contributed by atoms with van der Waals surface area (Å²) in [6, 6.07) is 7.08. The predicted octanol–water partition coefficient (Wildman–Crippen LogP) is 3.47. The van der Waals surface area contributed by atoms with E-state index in [2.05, 4.69) is 15.5 Å². The predicted molar refractivity (Wildman–Crippen MR) is 96.8 cm³/mol. The van der Waals surface area contributed by atoms with Crippen molar-refractivity contribution in [2.75, 3.05) is 0 Å². The van der Waals surface area contributed by atoms with Gasteiger partial charge in [-0.3, -0.25) is 4.79 Å². The Morgan fingerprint density at radius 2 is 2.00 bits per heavy atom. The molecule has 1 unspecified atom stereocenters. The van der Waals surface area contributed by atoms with Gasteiger partial charge in [0.2, 0.25) is 17.6 Å². The Morgan fingerprint density at radius 3 is 2.62 bits per heavy atom. The number of halogens is 1. The molecule has 1 atom stereocenters. The van der Waals surface area contributed by atoms with E-state index in [0.29, 0.717) is 42.4 Å². The highest BCUT2D eigenvalue weighted by Crippen LogP contribution is 2.19. The third-order valence-corrected chi connectivity index (χ3v) is 4.25. The number of benzene rings is 1. The van der Waals surface area contributed by atoms with Crippen LogP contribution < -0.4 is 5.32 Å². The first kappa shape index (κ1) is 19.9. The molecule has 0 spiro atoms. The molecule has 2 aromatic rings. The Morgan fingerprint density at radius 1 is 1.31 bits per heavy atom. The van der Waals surface area contributed by atoms with Crippen LogP contribution in [0.2, 0.25) is 5.02 Å². The lowest BCUT2D eigenvalue weighted by molar-refractivity contribution is -0.147. The molecule has 0 bridgehead atoms. The van der Waals surface area contributed by atoms with E-state index < -0.39 is 11.5 Å². The average Bonchev–Trinajstić information content (AvgIpc) is 3.04. The highest BCUT2D eigenvalue weighted by Gasteiger charge is 2.33. The van der Waals surface area contributed by atoms with E-state index in [1.807, 2.05) is 6.92 Å². The standard InChI is InChI=1S/C18H22ClN3O4/c1-3-11-18(2,17(24)25)21-14(23)5-4-6-15-20-16(22-26-15)12-7-9-13(19)10-8-12/h7-10H,3-6,11H2,1-2H3,(H,21,23)(H,24,25). The summed E-state index contributed by atoms with van der Waals surface area (Å²) in [5, 5.41) is 16.4. The van der Waals surface area contributed by atoms with Gasteiger partial charge in [-0.05, 0) is 44.0 Å². The van der Waals surface area contributed by atoms with Crippen LogP contribution in [0.15, 0.2) is 28.8 Å². The summed E-state index contributed by atoms with van der Waals surface area (Å²) in [6.45, 7) is 3.40. The van der Waals surface area contributed by atoms with E-state index in [1.54, 1.807) is 24.3 Å². The average molecular weight is 380 g/mol. The molecule has 1 aromatic carbocycles. The number of aromatic nitrogens is 2. The van der Waals surface area contributed by atoms with Crippen molar-refractivity contribution in [2.24, 2.45) is 0 Å². The monoisotopic (exact) mass is 379 g/mol. The molecule has 0 aliphatic heterocycles. The zero-order valence-corrected chi connectivity index (χ0v) is 15.5. The minimum Gasteiger partial charge on any atom is -0.480 e. The first-order valence-electron chi connectivity index (χ1n) is 8.47. The van der Waals surface area contributed by atoms with Gasteiger partial charge in [0.05, 0.1) is 0 Å². The second kappa shape index (κ2) is 8.80. The summed E-state index contributed by atoms with van der Waals surface area (Å²) in [5.41, 5.74) is -0.447. The van der Waals surface area contributed by atoms with Crippen LogP contribution in [0.4, 0.5) is 0 Å². The van der Waals surface area contributed by atoms with Crippen LogP contribution in [0.5, 0.6) is 0 Å². The number of aliphatic carboxylic acids is 1. The Kier molecular flexibility index (Phi) is 6.74. The van der Waals surface area contributed by atoms with Crippen LogP contribution >= 0.6 is 11.6 Å². The fourth-order valence-electron chi connectivity index (χ4n) is 2.57. The normalized spacial score (nSPS) is 13.2. The molecule has 0 fully saturated rings. The molecule has 7 nitrogen and oxygen atoms in total. The van der Waals surface area contributed by atoms with Crippen molar-refractivity contribution in [1.29, 1.82) is 0 Å². The van der Waals surface area contributed by atoms with Gasteiger partial charge < -0.3 is 14.9 Å². The number of hydrogen-bond donors (Lipinski definition) is 2. The molecule has 1 aromatic heterocycles. The molecular formula is C18H22ClN3O4. The second-order valence-corrected chi connectivity index (χ2v) is 6.74. The molecule has 1 amide bonds. The second-order valence-electron chi connectivity index (χ2n) is 6.31. The summed E-state index contributed by atoms with van der Waals surface area (Å²) in [5.74, 6) is -0.446. The number of carboxylic acids is 1. The number of nitrogens with one attached hydrogen (secondary N) is 1. The zero-order chi connectivity index (χ0) is 19.2. The summed E-state index contributed by atoms with van der Waals surface area (Å²) in [4.78, 5) is 27.7. The molecule has 26 heavy (non-hydrogen) atoms. The molecule has 0 aliphatic rings. The molecule has 140 valence electrons. The van der Waals surface area contributed by atoms with Gasteiger partial charge >= 0.3 is 5.97 Å². The molecule has 1 heterocycles. The number of carbonyl (C=O) groups excluding carboxylic acids is 1. The highest BCUT2D eigenvalue weighted by molar-refractivity contribution is 6.30. The summed E-state index contributed by atoms with van der Waals surface area (Å²) in [6.07, 6.45) is 2.15. The maximum Gasteiger partial charge on any atom is 0.329 e. The van der Waals surface area contributed by atoms with Gasteiger partial charge in [0.15, 0.2) is 0 Å². The van der Waals surface area contributed by atoms with Crippen LogP contribution in [0.25, 0.3) is 11.4 Å². The minimum absolute atomic E-state index is 0.186. The number of carbonyl (C=O) groups is 2. The smallest absolute Gasteiger partial charge is 0.329 e. The third kappa shape index (κ3) is 5.29. The van der Waals surface area contributed by atoms with E-state index in [9.17, 15) is 14.7 Å². The number of aryl methyl sites for hydroxylation is 1. The third-order valence-electron chi connectivity index (χ3n) is 4.00. The van der Waals surface area contributed by atoms with E-state index >= 15 is 0 Å². The molecule has 2 rings (SSSR count). The van der Waals surface area contributed by atoms with Crippen molar-refractivity contribution >= 4 is 23.5 Å². The Balaban J connectivity index is 1.85. The lowest BCUT2D eigenvalue weighted by Gasteiger charge is -2.25. The van der Waals surface area contributed by atoms with Gasteiger partial charge in [-0.1, -0.05) is 30.1 Å². The minimum atomic E-state index is -1.24. The van der Waals surface area contributed by atoms with Gasteiger partial charge in [0, 0.05) is 23.4 Å². The van der Waals surface area contributed by atoms with Crippen LogP contribution in [-0.4, -0.2) is 32.7 Å². The fourth-order valence-corrected chi connectivity index (χ4v) is 2.69. The van der Waals surface area contributed by atoms with Crippen molar-refractivity contribution in [3.63, 3.8) is 0 Å². The molecule has 0 saturated carbocycles. The van der Waals surface area contributed by atoms with Crippen molar-refractivity contribution < 1.29 is 19.2 Å². The van der Waals surface area contributed by atoms with E-state index in [4.69, 9.17) is 16.1 Å². The van der Waals surface area contributed by atoms with Crippen LogP contribution in [0.1, 0.15) is 45.4 Å². The summed E-state index contributed by atoms with van der Waals surface area (Å²) < 4.78 is 5.19. The van der Waals surface area contributed by atoms with E-state index in [-0.39, 0.29) is 12.3 Å². The highest BCUT2D eigenvalue weighted by atomic mass is 35.5. The van der Waals surface area contributed by atoms with Crippen molar-refractivity contribution in [2.45, 2.75) is 51.5 Å². The molecule has 0 saturated heterocycles. The van der Waals surface area contributed by atoms with Crippen molar-refractivity contribution in [3.05, 3.63) is 35.2 Å². The van der Waals surface area contributed by atoms with Crippen LogP contribution in [0, 0.1) is 0 Å². The van der Waals surface area contributed by atoms with Crippen molar-refractivity contribution in [1.82, 2.24) is 15.5 Å².